The molecule has 0 unspecified atom stereocenters. The van der Waals surface area contributed by atoms with Gasteiger partial charge in [0.2, 0.25) is 0 Å². The summed E-state index contributed by atoms with van der Waals surface area (Å²) in [6.07, 6.45) is 6.56. The molecule has 1 heterocycles. The highest BCUT2D eigenvalue weighted by Crippen LogP contribution is 2.40. The van der Waals surface area contributed by atoms with Gasteiger partial charge in [-0.15, -0.1) is 11.3 Å². The van der Waals surface area contributed by atoms with E-state index in [0.29, 0.717) is 5.41 Å². The Hall–Kier alpha value is -0.450. The summed E-state index contributed by atoms with van der Waals surface area (Å²) in [7, 11) is 1.76. The van der Waals surface area contributed by atoms with Crippen molar-refractivity contribution < 1.29 is 4.74 Å². The van der Waals surface area contributed by atoms with Crippen molar-refractivity contribution >= 4 is 11.3 Å². The van der Waals surface area contributed by atoms with Gasteiger partial charge in [0.25, 0.3) is 0 Å². The molecule has 18 heavy (non-hydrogen) atoms. The van der Waals surface area contributed by atoms with Crippen LogP contribution >= 0.6 is 11.3 Å². The highest BCUT2D eigenvalue weighted by molar-refractivity contribution is 7.09. The predicted octanol–water partition coefficient (Wildman–Crippen LogP) is 2.79. The van der Waals surface area contributed by atoms with Crippen molar-refractivity contribution in [3.63, 3.8) is 0 Å². The van der Waals surface area contributed by atoms with Gasteiger partial charge in [-0.1, -0.05) is 12.8 Å². The predicted molar refractivity (Wildman–Crippen MR) is 76.2 cm³/mol. The Morgan fingerprint density at radius 1 is 1.44 bits per heavy atom. The maximum absolute atomic E-state index is 5.09. The van der Waals surface area contributed by atoms with Crippen LogP contribution in [0.4, 0.5) is 0 Å². The van der Waals surface area contributed by atoms with Crippen molar-refractivity contribution in [2.75, 3.05) is 26.8 Å². The molecule has 0 saturated heterocycles. The highest BCUT2D eigenvalue weighted by atomic mass is 32.1. The van der Waals surface area contributed by atoms with Crippen LogP contribution in [0.3, 0.4) is 0 Å². The summed E-state index contributed by atoms with van der Waals surface area (Å²) >= 11 is 1.82. The smallest absolute Gasteiger partial charge is 0.0934 e. The molecule has 0 aliphatic heterocycles. The Bertz CT molecular complexity index is 358. The first-order chi connectivity index (χ1) is 8.74. The summed E-state index contributed by atoms with van der Waals surface area (Å²) in [5.41, 5.74) is 1.60. The third kappa shape index (κ3) is 3.77. The molecule has 0 bridgehead atoms. The van der Waals surface area contributed by atoms with Gasteiger partial charge in [0, 0.05) is 37.7 Å². The lowest BCUT2D eigenvalue weighted by atomic mass is 9.83. The van der Waals surface area contributed by atoms with Gasteiger partial charge in [0.15, 0.2) is 0 Å². The second kappa shape index (κ2) is 6.64. The zero-order chi connectivity index (χ0) is 12.8. The number of thiazole rings is 1. The summed E-state index contributed by atoms with van der Waals surface area (Å²) < 4.78 is 5.09. The zero-order valence-corrected chi connectivity index (χ0v) is 12.3. The molecule has 1 aromatic rings. The minimum absolute atomic E-state index is 0.442. The minimum atomic E-state index is 0.442. The highest BCUT2D eigenvalue weighted by Gasteiger charge is 2.34. The van der Waals surface area contributed by atoms with Crippen molar-refractivity contribution in [3.05, 3.63) is 16.1 Å². The first-order valence-corrected chi connectivity index (χ1v) is 7.73. The van der Waals surface area contributed by atoms with Crippen molar-refractivity contribution in [3.8, 4) is 0 Å². The maximum Gasteiger partial charge on any atom is 0.0934 e. The van der Waals surface area contributed by atoms with Gasteiger partial charge < -0.3 is 10.1 Å². The second-order valence-corrected chi connectivity index (χ2v) is 6.38. The van der Waals surface area contributed by atoms with Crippen LogP contribution in [0.1, 0.15) is 36.4 Å². The standard InChI is InChI=1S/C14H24N2OS/c1-12-10-18-13(16-12)9-14(5-3-4-6-14)11-15-7-8-17-2/h10,15H,3-9,11H2,1-2H3. The summed E-state index contributed by atoms with van der Waals surface area (Å²) in [5, 5.41) is 7.02. The van der Waals surface area contributed by atoms with Gasteiger partial charge in [0.1, 0.15) is 0 Å². The van der Waals surface area contributed by atoms with Crippen molar-refractivity contribution in [1.82, 2.24) is 10.3 Å². The lowest BCUT2D eigenvalue weighted by molar-refractivity contribution is 0.189. The molecule has 1 aliphatic rings. The van der Waals surface area contributed by atoms with E-state index in [2.05, 4.69) is 22.6 Å². The van der Waals surface area contributed by atoms with E-state index in [1.807, 2.05) is 11.3 Å². The topological polar surface area (TPSA) is 34.1 Å². The van der Waals surface area contributed by atoms with E-state index in [1.165, 1.54) is 30.7 Å². The third-order valence-corrected chi connectivity index (χ3v) is 4.81. The fourth-order valence-electron chi connectivity index (χ4n) is 2.87. The molecular weight excluding hydrogens is 244 g/mol. The lowest BCUT2D eigenvalue weighted by Gasteiger charge is -2.28. The molecular formula is C14H24N2OS. The fourth-order valence-corrected chi connectivity index (χ4v) is 3.82. The van der Waals surface area contributed by atoms with Crippen molar-refractivity contribution in [1.29, 1.82) is 0 Å². The average Bonchev–Trinajstić information content (AvgIpc) is 2.96. The summed E-state index contributed by atoms with van der Waals surface area (Å²) in [6, 6.07) is 0. The maximum atomic E-state index is 5.09. The van der Waals surface area contributed by atoms with Crippen molar-refractivity contribution in [2.45, 2.75) is 39.0 Å². The molecule has 4 heteroatoms. The largest absolute Gasteiger partial charge is 0.383 e. The van der Waals surface area contributed by atoms with E-state index < -0.39 is 0 Å². The number of aryl methyl sites for hydroxylation is 1. The van der Waals surface area contributed by atoms with Crippen LogP contribution in [0.5, 0.6) is 0 Å². The molecule has 3 nitrogen and oxygen atoms in total. The van der Waals surface area contributed by atoms with Crippen LogP contribution in [-0.4, -0.2) is 31.8 Å². The number of methoxy groups -OCH3 is 1. The number of nitrogens with one attached hydrogen (secondary N) is 1. The summed E-state index contributed by atoms with van der Waals surface area (Å²) in [6.45, 7) is 4.94. The normalized spacial score (nSPS) is 18.3. The van der Waals surface area contributed by atoms with Crippen molar-refractivity contribution in [2.24, 2.45) is 5.41 Å². The van der Waals surface area contributed by atoms with Crippen LogP contribution in [0, 0.1) is 12.3 Å². The first-order valence-electron chi connectivity index (χ1n) is 6.85. The van der Waals surface area contributed by atoms with Crippen LogP contribution < -0.4 is 5.32 Å². The van der Waals surface area contributed by atoms with Gasteiger partial charge >= 0.3 is 0 Å². The van der Waals surface area contributed by atoms with E-state index in [9.17, 15) is 0 Å². The van der Waals surface area contributed by atoms with Gasteiger partial charge in [-0.2, -0.15) is 0 Å². The molecule has 1 N–H and O–H groups in total. The third-order valence-electron chi connectivity index (χ3n) is 3.84. The Balaban J connectivity index is 1.89. The number of hydrogen-bond acceptors (Lipinski definition) is 4. The van der Waals surface area contributed by atoms with E-state index in [4.69, 9.17) is 4.74 Å². The monoisotopic (exact) mass is 268 g/mol. The Kier molecular flexibility index (Phi) is 5.15. The van der Waals surface area contributed by atoms with Gasteiger partial charge in [-0.3, -0.25) is 0 Å². The average molecular weight is 268 g/mol. The minimum Gasteiger partial charge on any atom is -0.383 e. The molecule has 1 fully saturated rings. The van der Waals surface area contributed by atoms with E-state index in [1.54, 1.807) is 7.11 Å². The molecule has 0 radical (unpaired) electrons. The van der Waals surface area contributed by atoms with Gasteiger partial charge in [-0.05, 0) is 25.2 Å². The lowest BCUT2D eigenvalue weighted by Crippen LogP contribution is -2.35. The molecule has 2 rings (SSSR count). The molecule has 1 saturated carbocycles. The molecule has 1 aromatic heterocycles. The molecule has 0 spiro atoms. The SMILES string of the molecule is COCCNCC1(Cc2nc(C)cs2)CCCC1. The number of ether oxygens (including phenoxy) is 1. The quantitative estimate of drug-likeness (QED) is 0.772. The second-order valence-electron chi connectivity index (χ2n) is 5.44. The Morgan fingerprint density at radius 2 is 2.22 bits per heavy atom. The molecule has 102 valence electrons. The van der Waals surface area contributed by atoms with E-state index in [-0.39, 0.29) is 0 Å². The Morgan fingerprint density at radius 3 is 2.83 bits per heavy atom. The van der Waals surface area contributed by atoms with E-state index >= 15 is 0 Å². The number of hydrogen-bond donors (Lipinski definition) is 1. The first kappa shape index (κ1) is 14.0. The summed E-state index contributed by atoms with van der Waals surface area (Å²) in [5.74, 6) is 0. The molecule has 0 atom stereocenters. The number of rotatable bonds is 7. The van der Waals surface area contributed by atoms with Crippen LogP contribution in [0.2, 0.25) is 0 Å². The van der Waals surface area contributed by atoms with Gasteiger partial charge in [-0.25, -0.2) is 4.98 Å². The van der Waals surface area contributed by atoms with E-state index in [0.717, 1.165) is 31.8 Å². The van der Waals surface area contributed by atoms with Crippen LogP contribution in [0.25, 0.3) is 0 Å². The van der Waals surface area contributed by atoms with Crippen LogP contribution in [-0.2, 0) is 11.2 Å². The fraction of sp³-hybridized carbons (Fsp3) is 0.786. The van der Waals surface area contributed by atoms with Gasteiger partial charge in [0.05, 0.1) is 11.6 Å². The molecule has 0 aromatic carbocycles. The Labute approximate surface area is 114 Å². The summed E-state index contributed by atoms with van der Waals surface area (Å²) in [4.78, 5) is 4.63. The number of aromatic nitrogens is 1. The van der Waals surface area contributed by atoms with Crippen LogP contribution in [0.15, 0.2) is 5.38 Å². The molecule has 0 amide bonds. The zero-order valence-electron chi connectivity index (χ0n) is 11.5. The molecule has 1 aliphatic carbocycles. The number of nitrogens with zero attached hydrogens (tertiary/aromatic N) is 1.